The van der Waals surface area contributed by atoms with Gasteiger partial charge in [-0.05, 0) is 37.8 Å². The number of hydrogen-bond donors (Lipinski definition) is 1. The molecule has 1 aromatic rings. The molecular formula is C11H17NS2. The summed E-state index contributed by atoms with van der Waals surface area (Å²) < 4.78 is 0. The van der Waals surface area contributed by atoms with E-state index in [1.807, 2.05) is 11.3 Å². The molecule has 0 aromatic carbocycles. The summed E-state index contributed by atoms with van der Waals surface area (Å²) in [4.78, 5) is 5.39. The molecule has 0 radical (unpaired) electrons. The number of nitrogens with zero attached hydrogens (tertiary/aromatic N) is 1. The minimum absolute atomic E-state index is 0.719. The van der Waals surface area contributed by atoms with Crippen LogP contribution in [-0.2, 0) is 0 Å². The molecule has 0 spiro atoms. The molecule has 1 saturated heterocycles. The van der Waals surface area contributed by atoms with Gasteiger partial charge in [-0.15, -0.1) is 11.3 Å². The van der Waals surface area contributed by atoms with Gasteiger partial charge in [0, 0.05) is 28.8 Å². The molecule has 0 amide bonds. The van der Waals surface area contributed by atoms with Crippen molar-refractivity contribution in [3.8, 4) is 0 Å². The topological polar surface area (TPSA) is 3.24 Å². The summed E-state index contributed by atoms with van der Waals surface area (Å²) in [5.41, 5.74) is 0. The Bertz CT molecular complexity index is 308. The maximum atomic E-state index is 4.45. The second kappa shape index (κ2) is 4.25. The van der Waals surface area contributed by atoms with E-state index in [0.717, 1.165) is 17.6 Å². The van der Waals surface area contributed by atoms with Gasteiger partial charge in [0.2, 0.25) is 0 Å². The van der Waals surface area contributed by atoms with Gasteiger partial charge in [0.05, 0.1) is 0 Å². The van der Waals surface area contributed by atoms with Gasteiger partial charge in [-0.25, -0.2) is 0 Å². The number of likely N-dealkylation sites (tertiary alicyclic amines) is 1. The standard InChI is InChI=1S/C11H17NS2/c1-8-3-4-11(14-8)10-6-12(2)5-9(10)7-13/h3-4,9-10,13H,5-7H2,1-2H3. The molecular weight excluding hydrogens is 210 g/mol. The van der Waals surface area contributed by atoms with Crippen molar-refractivity contribution in [3.05, 3.63) is 21.9 Å². The lowest BCUT2D eigenvalue weighted by atomic mass is 9.96. The number of rotatable bonds is 2. The Kier molecular flexibility index (Phi) is 3.20. The zero-order valence-corrected chi connectivity index (χ0v) is 10.4. The van der Waals surface area contributed by atoms with Crippen molar-refractivity contribution < 1.29 is 0 Å². The molecule has 2 atom stereocenters. The lowest BCUT2D eigenvalue weighted by Crippen LogP contribution is -2.14. The van der Waals surface area contributed by atoms with Crippen molar-refractivity contribution >= 4 is 24.0 Å². The van der Waals surface area contributed by atoms with Crippen molar-refractivity contribution in [3.63, 3.8) is 0 Å². The third-order valence-electron chi connectivity index (χ3n) is 2.98. The summed E-state index contributed by atoms with van der Waals surface area (Å²) in [5.74, 6) is 2.46. The fourth-order valence-corrected chi connectivity index (χ4v) is 3.68. The number of thiol groups is 1. The minimum atomic E-state index is 0.719. The van der Waals surface area contributed by atoms with Gasteiger partial charge < -0.3 is 4.90 Å². The van der Waals surface area contributed by atoms with E-state index >= 15 is 0 Å². The highest BCUT2D eigenvalue weighted by Gasteiger charge is 2.31. The van der Waals surface area contributed by atoms with E-state index in [2.05, 4.69) is 43.6 Å². The van der Waals surface area contributed by atoms with Crippen LogP contribution >= 0.6 is 24.0 Å². The molecule has 3 heteroatoms. The van der Waals surface area contributed by atoms with Crippen LogP contribution in [0.5, 0.6) is 0 Å². The molecule has 2 heterocycles. The molecule has 0 aliphatic carbocycles. The first-order valence-electron chi connectivity index (χ1n) is 5.06. The Morgan fingerprint density at radius 3 is 2.86 bits per heavy atom. The molecule has 1 aliphatic rings. The first-order valence-corrected chi connectivity index (χ1v) is 6.51. The van der Waals surface area contributed by atoms with E-state index in [-0.39, 0.29) is 0 Å². The minimum Gasteiger partial charge on any atom is -0.305 e. The summed E-state index contributed by atoms with van der Waals surface area (Å²) in [5, 5.41) is 0. The highest BCUT2D eigenvalue weighted by molar-refractivity contribution is 7.80. The third-order valence-corrected chi connectivity index (χ3v) is 4.59. The van der Waals surface area contributed by atoms with Crippen LogP contribution in [0.15, 0.2) is 12.1 Å². The predicted octanol–water partition coefficient (Wildman–Crippen LogP) is 2.63. The van der Waals surface area contributed by atoms with Crippen LogP contribution in [0.1, 0.15) is 15.7 Å². The summed E-state index contributed by atoms with van der Waals surface area (Å²) in [7, 11) is 2.21. The van der Waals surface area contributed by atoms with E-state index in [1.54, 1.807) is 4.88 Å². The molecule has 1 nitrogen and oxygen atoms in total. The van der Waals surface area contributed by atoms with Gasteiger partial charge in [0.25, 0.3) is 0 Å². The molecule has 1 aromatic heterocycles. The van der Waals surface area contributed by atoms with Crippen LogP contribution in [0, 0.1) is 12.8 Å². The van der Waals surface area contributed by atoms with Crippen LogP contribution in [0.25, 0.3) is 0 Å². The molecule has 1 aliphatic heterocycles. The lowest BCUT2D eigenvalue weighted by molar-refractivity contribution is 0.402. The molecule has 2 unspecified atom stereocenters. The Morgan fingerprint density at radius 2 is 2.29 bits per heavy atom. The smallest absolute Gasteiger partial charge is 0.0108 e. The summed E-state index contributed by atoms with van der Waals surface area (Å²) in [6, 6.07) is 4.52. The van der Waals surface area contributed by atoms with Gasteiger partial charge in [-0.3, -0.25) is 0 Å². The molecule has 2 rings (SSSR count). The van der Waals surface area contributed by atoms with Crippen LogP contribution in [-0.4, -0.2) is 30.8 Å². The Morgan fingerprint density at radius 1 is 1.50 bits per heavy atom. The van der Waals surface area contributed by atoms with Crippen LogP contribution < -0.4 is 0 Å². The zero-order chi connectivity index (χ0) is 10.1. The van der Waals surface area contributed by atoms with Crippen LogP contribution in [0.3, 0.4) is 0 Å². The van der Waals surface area contributed by atoms with E-state index in [4.69, 9.17) is 0 Å². The van der Waals surface area contributed by atoms with Crippen molar-refractivity contribution in [2.75, 3.05) is 25.9 Å². The fraction of sp³-hybridized carbons (Fsp3) is 0.636. The first-order chi connectivity index (χ1) is 6.70. The summed E-state index contributed by atoms with van der Waals surface area (Å²) in [6.07, 6.45) is 0. The maximum Gasteiger partial charge on any atom is 0.0108 e. The number of hydrogen-bond acceptors (Lipinski definition) is 3. The first kappa shape index (κ1) is 10.5. The molecule has 0 bridgehead atoms. The molecule has 14 heavy (non-hydrogen) atoms. The third kappa shape index (κ3) is 2.00. The SMILES string of the molecule is Cc1ccc(C2CN(C)CC2CS)s1. The van der Waals surface area contributed by atoms with Crippen molar-refractivity contribution in [2.45, 2.75) is 12.8 Å². The maximum absolute atomic E-state index is 4.45. The van der Waals surface area contributed by atoms with Gasteiger partial charge in [0.1, 0.15) is 0 Å². The van der Waals surface area contributed by atoms with Gasteiger partial charge in [-0.1, -0.05) is 0 Å². The van der Waals surface area contributed by atoms with Gasteiger partial charge in [-0.2, -0.15) is 12.6 Å². The Balaban J connectivity index is 2.17. The zero-order valence-electron chi connectivity index (χ0n) is 8.73. The normalized spacial score (nSPS) is 28.5. The van der Waals surface area contributed by atoms with Crippen LogP contribution in [0.2, 0.25) is 0 Å². The number of thiophene rings is 1. The quantitative estimate of drug-likeness (QED) is 0.760. The fourth-order valence-electron chi connectivity index (χ4n) is 2.25. The van der Waals surface area contributed by atoms with E-state index in [0.29, 0.717) is 0 Å². The van der Waals surface area contributed by atoms with Crippen molar-refractivity contribution in [1.29, 1.82) is 0 Å². The van der Waals surface area contributed by atoms with Gasteiger partial charge >= 0.3 is 0 Å². The number of aryl methyl sites for hydroxylation is 1. The second-order valence-electron chi connectivity index (χ2n) is 4.22. The van der Waals surface area contributed by atoms with Crippen molar-refractivity contribution in [2.24, 2.45) is 5.92 Å². The average molecular weight is 227 g/mol. The highest BCUT2D eigenvalue weighted by atomic mass is 32.1. The summed E-state index contributed by atoms with van der Waals surface area (Å²) >= 11 is 6.40. The highest BCUT2D eigenvalue weighted by Crippen LogP contribution is 2.36. The predicted molar refractivity (Wildman–Crippen MR) is 66.6 cm³/mol. The Hall–Kier alpha value is 0.01000. The Labute approximate surface area is 95.5 Å². The monoisotopic (exact) mass is 227 g/mol. The number of likely N-dealkylation sites (N-methyl/N-ethyl adjacent to an activating group) is 1. The molecule has 0 N–H and O–H groups in total. The second-order valence-corrected chi connectivity index (χ2v) is 5.90. The molecule has 78 valence electrons. The summed E-state index contributed by atoms with van der Waals surface area (Å²) in [6.45, 7) is 4.58. The van der Waals surface area contributed by atoms with Crippen LogP contribution in [0.4, 0.5) is 0 Å². The van der Waals surface area contributed by atoms with E-state index in [1.165, 1.54) is 18.0 Å². The largest absolute Gasteiger partial charge is 0.305 e. The van der Waals surface area contributed by atoms with Gasteiger partial charge in [0.15, 0.2) is 0 Å². The lowest BCUT2D eigenvalue weighted by Gasteiger charge is -2.13. The molecule has 1 fully saturated rings. The van der Waals surface area contributed by atoms with Crippen molar-refractivity contribution in [1.82, 2.24) is 4.90 Å². The van der Waals surface area contributed by atoms with E-state index < -0.39 is 0 Å². The average Bonchev–Trinajstić information content (AvgIpc) is 2.71. The van der Waals surface area contributed by atoms with E-state index in [9.17, 15) is 0 Å². The molecule has 0 saturated carbocycles.